The van der Waals surface area contributed by atoms with Gasteiger partial charge in [-0.2, -0.15) is 26.3 Å². The molecule has 34 heteroatoms. The fourth-order valence-corrected chi connectivity index (χ4v) is 14.8. The van der Waals surface area contributed by atoms with E-state index < -0.39 is 65.7 Å². The first kappa shape index (κ1) is 70.4. The number of benzene rings is 8. The summed E-state index contributed by atoms with van der Waals surface area (Å²) in [5.41, 5.74) is -4.05. The summed E-state index contributed by atoms with van der Waals surface area (Å²) in [4.78, 5) is 48.2. The van der Waals surface area contributed by atoms with Gasteiger partial charge in [-0.1, -0.05) is 140 Å². The van der Waals surface area contributed by atoms with Crippen LogP contribution in [0.2, 0.25) is 50.2 Å². The van der Waals surface area contributed by atoms with Crippen molar-refractivity contribution in [3.05, 3.63) is 211 Å². The Hall–Kier alpha value is -5.94. The van der Waals surface area contributed by atoms with Crippen molar-refractivity contribution < 1.29 is 55.5 Å². The Morgan fingerprint density at radius 1 is 0.370 bits per heavy atom. The quantitative estimate of drug-likeness (QED) is 0.0566. The summed E-state index contributed by atoms with van der Waals surface area (Å²) in [5.74, 6) is 0. The van der Waals surface area contributed by atoms with Gasteiger partial charge in [0.25, 0.3) is 22.7 Å². The van der Waals surface area contributed by atoms with Crippen LogP contribution < -0.4 is 9.80 Å². The molecule has 8 aromatic rings. The number of nitrogens with zero attached hydrogens (tertiary/aromatic N) is 6. The number of non-ortho nitro benzene ring substituents is 2. The van der Waals surface area contributed by atoms with Crippen molar-refractivity contribution in [2.45, 2.75) is 31.9 Å². The van der Waals surface area contributed by atoms with Crippen LogP contribution in [0.1, 0.15) is 11.1 Å². The number of halogens is 16. The first-order valence-electron chi connectivity index (χ1n) is 26.0. The van der Waals surface area contributed by atoms with Crippen LogP contribution in [0.3, 0.4) is 0 Å². The highest BCUT2D eigenvalue weighted by Crippen LogP contribution is 2.54. The maximum atomic E-state index is 13.9. The maximum absolute atomic E-state index is 13.9. The van der Waals surface area contributed by atoms with Gasteiger partial charge >= 0.3 is 12.4 Å². The molecule has 2 aliphatic heterocycles. The molecule has 480 valence electrons. The van der Waals surface area contributed by atoms with Crippen LogP contribution in [0.5, 0.6) is 0 Å². The number of nitro groups is 4. The molecule has 0 saturated carbocycles. The molecule has 0 atom stereocenters. The van der Waals surface area contributed by atoms with E-state index in [0.29, 0.717) is 108 Å². The van der Waals surface area contributed by atoms with Gasteiger partial charge in [0.2, 0.25) is 0 Å². The zero-order chi connectivity index (χ0) is 67.0. The van der Waals surface area contributed by atoms with Gasteiger partial charge in [0.05, 0.1) is 97.4 Å². The average molecular weight is 1510 g/mol. The Balaban J connectivity index is 0.000000219. The minimum absolute atomic E-state index is 0.0717. The highest BCUT2D eigenvalue weighted by Gasteiger charge is 2.39. The normalized spacial score (nSPS) is 13.6. The molecule has 2 fully saturated rings. The summed E-state index contributed by atoms with van der Waals surface area (Å²) in [6.07, 6.45) is -10.1. The van der Waals surface area contributed by atoms with Gasteiger partial charge in [-0.3, -0.25) is 40.5 Å². The predicted molar refractivity (Wildman–Crippen MR) is 349 cm³/mol. The molecule has 2 aliphatic rings. The second kappa shape index (κ2) is 29.0. The van der Waals surface area contributed by atoms with E-state index in [9.17, 15) is 66.8 Å². The molecule has 2 saturated heterocycles. The molecular weight excluding hydrogens is 1470 g/mol. The molecule has 8 aromatic carbocycles. The van der Waals surface area contributed by atoms with Crippen LogP contribution in [0.25, 0.3) is 44.5 Å². The van der Waals surface area contributed by atoms with Crippen LogP contribution in [0.4, 0.5) is 60.5 Å². The van der Waals surface area contributed by atoms with E-state index in [1.807, 2.05) is 9.80 Å². The Labute approximate surface area is 574 Å². The Morgan fingerprint density at radius 3 is 0.913 bits per heavy atom. The zero-order valence-electron chi connectivity index (χ0n) is 45.7. The van der Waals surface area contributed by atoms with E-state index in [-0.39, 0.29) is 82.5 Å². The summed E-state index contributed by atoms with van der Waals surface area (Å²) < 4.78 is 94.3. The van der Waals surface area contributed by atoms with Crippen LogP contribution in [0, 0.1) is 40.5 Å². The van der Waals surface area contributed by atoms with Crippen molar-refractivity contribution in [1.82, 2.24) is 0 Å². The lowest BCUT2D eigenvalue weighted by molar-refractivity contribution is -0.385. The van der Waals surface area contributed by atoms with Crippen LogP contribution in [0.15, 0.2) is 129 Å². The largest absolute Gasteiger partial charge is 0.417 e. The zero-order valence-corrected chi connectivity index (χ0v) is 54.9. The van der Waals surface area contributed by atoms with E-state index in [1.54, 1.807) is 36.4 Å². The molecule has 0 aromatic heterocycles. The highest BCUT2D eigenvalue weighted by atomic mass is 35.5. The maximum Gasteiger partial charge on any atom is 0.417 e. The van der Waals surface area contributed by atoms with E-state index in [1.165, 1.54) is 48.2 Å². The molecule has 2 heterocycles. The monoisotopic (exact) mass is 1500 g/mol. The third-order valence-electron chi connectivity index (χ3n) is 14.0. The minimum atomic E-state index is -5.04. The van der Waals surface area contributed by atoms with Crippen molar-refractivity contribution in [2.24, 2.45) is 0 Å². The summed E-state index contributed by atoms with van der Waals surface area (Å²) in [5, 5.41) is 46.3. The molecule has 0 radical (unpaired) electrons. The van der Waals surface area contributed by atoms with Gasteiger partial charge in [-0.05, 0) is 83.9 Å². The number of alkyl halides is 6. The van der Waals surface area contributed by atoms with Crippen LogP contribution >= 0.6 is 140 Å². The average Bonchev–Trinajstić information content (AvgIpc) is 0.784. The lowest BCUT2D eigenvalue weighted by Crippen LogP contribution is -2.36. The lowest BCUT2D eigenvalue weighted by atomic mass is 9.98. The SMILES string of the molecule is O=[N+]([O-])c1cc(Cl)c(-c2c(Cl)ccc(Sc3ccc(Cl)c(-c4cc(N5CCOCC5)c([N+](=O)[O-])cc4Cl)c3Cl)c2Cl)cc1N1CCOCC1.O=[N+]([O-])c1ccc(-c2c(Cl)ccc(Sc3ccc(Cl)c(-c4ccc([N+](=O)[O-])cc4C(F)(F)F)c3Cl)c2Cl)c(C(F)(F)F)c1. The standard InChI is InChI=1S/C32H24Cl6N4O6S.C26H10Cl4F6N2O4S/c33-19-1-3-27(31(37)29(19)17-13-23(39-5-9-47-10-6-39)25(41(43)44)15-21(17)35)49-28-4-2-20(34)30(32(28)38)18-14-24(40-7-11-48-12-8-40)26(42(45)46)16-22(18)36;27-17-5-7-19(23(29)21(17)13-3-1-11(37(39)40)9-15(13)25(31,32)33)43-20-8-6-18(28)22(24(20)30)14-4-2-12(38(41)42)10-16(14)26(34,35)36/h1-4,13-16H,5-12H2;1-10H. The number of morpholine rings is 2. The van der Waals surface area contributed by atoms with Crippen LogP contribution in [-0.2, 0) is 21.8 Å². The fraction of sp³-hybridized carbons (Fsp3) is 0.172. The van der Waals surface area contributed by atoms with Gasteiger partial charge in [-0.15, -0.1) is 0 Å². The molecule has 0 bridgehead atoms. The number of ether oxygens (including phenoxy) is 2. The smallest absolute Gasteiger partial charge is 0.378 e. The van der Waals surface area contributed by atoms with Crippen molar-refractivity contribution in [2.75, 3.05) is 62.4 Å². The second-order valence-electron chi connectivity index (χ2n) is 19.5. The Morgan fingerprint density at radius 2 is 0.652 bits per heavy atom. The minimum Gasteiger partial charge on any atom is -0.378 e. The van der Waals surface area contributed by atoms with E-state index in [4.69, 9.17) is 125 Å². The van der Waals surface area contributed by atoms with Gasteiger partial charge in [-0.25, -0.2) is 0 Å². The van der Waals surface area contributed by atoms with Gasteiger partial charge in [0.1, 0.15) is 11.4 Å². The number of hydrogen-bond donors (Lipinski definition) is 0. The number of rotatable bonds is 14. The topological polar surface area (TPSA) is 197 Å². The molecule has 0 amide bonds. The first-order chi connectivity index (χ1) is 43.4. The summed E-state index contributed by atoms with van der Waals surface area (Å²) >= 11 is 68.2. The number of nitro benzene ring substituents is 4. The first-order valence-corrected chi connectivity index (χ1v) is 31.4. The Kier molecular flexibility index (Phi) is 22.2. The fourth-order valence-electron chi connectivity index (χ4n) is 9.76. The molecule has 0 aliphatic carbocycles. The third-order valence-corrected chi connectivity index (χ3v) is 20.1. The summed E-state index contributed by atoms with van der Waals surface area (Å²) in [6, 6.07) is 21.8. The number of hydrogen-bond acceptors (Lipinski definition) is 14. The highest BCUT2D eigenvalue weighted by molar-refractivity contribution is 7.99. The van der Waals surface area contributed by atoms with E-state index >= 15 is 0 Å². The second-order valence-corrected chi connectivity index (χ2v) is 25.6. The van der Waals surface area contributed by atoms with Gasteiger partial charge < -0.3 is 19.3 Å². The van der Waals surface area contributed by atoms with Crippen molar-refractivity contribution in [3.63, 3.8) is 0 Å². The molecule has 0 N–H and O–H groups in total. The molecule has 10 rings (SSSR count). The summed E-state index contributed by atoms with van der Waals surface area (Å²) in [7, 11) is 0. The molecular formula is C58H34Cl10F6N6O10S2. The van der Waals surface area contributed by atoms with E-state index in [0.717, 1.165) is 36.0 Å². The molecule has 0 unspecified atom stereocenters. The molecule has 16 nitrogen and oxygen atoms in total. The Bertz CT molecular complexity index is 4050. The molecule has 0 spiro atoms. The third kappa shape index (κ3) is 15.1. The molecule has 92 heavy (non-hydrogen) atoms. The van der Waals surface area contributed by atoms with Gasteiger partial charge in [0, 0.05) is 126 Å². The van der Waals surface area contributed by atoms with Gasteiger partial charge in [0.15, 0.2) is 0 Å². The summed E-state index contributed by atoms with van der Waals surface area (Å²) in [6.45, 7) is 3.54. The predicted octanol–water partition coefficient (Wildman–Crippen LogP) is 22.2. The van der Waals surface area contributed by atoms with Crippen molar-refractivity contribution >= 4 is 174 Å². The van der Waals surface area contributed by atoms with Crippen molar-refractivity contribution in [1.29, 1.82) is 0 Å². The number of anilines is 2. The van der Waals surface area contributed by atoms with Crippen LogP contribution in [-0.4, -0.2) is 72.3 Å². The van der Waals surface area contributed by atoms with E-state index in [2.05, 4.69) is 0 Å². The van der Waals surface area contributed by atoms with Crippen molar-refractivity contribution in [3.8, 4) is 44.5 Å². The lowest BCUT2D eigenvalue weighted by Gasteiger charge is -2.29.